The molecule has 2 atom stereocenters. The molecule has 0 amide bonds. The van der Waals surface area contributed by atoms with Crippen molar-refractivity contribution < 1.29 is 9.53 Å². The maximum atomic E-state index is 12.1. The molecule has 2 aromatic heterocycles. The van der Waals surface area contributed by atoms with Gasteiger partial charge < -0.3 is 19.5 Å². The number of nitrogens with one attached hydrogen (secondary N) is 1. The third kappa shape index (κ3) is 4.08. The molecule has 0 bridgehead atoms. The third-order valence-electron chi connectivity index (χ3n) is 6.45. The number of anilines is 1. The molecule has 0 aliphatic carbocycles. The van der Waals surface area contributed by atoms with Crippen LogP contribution in [0.1, 0.15) is 45.1 Å². The molecule has 1 aliphatic rings. The highest BCUT2D eigenvalue weighted by Crippen LogP contribution is 2.43. The number of carbonyl (C=O) groups is 1. The van der Waals surface area contributed by atoms with Crippen LogP contribution in [0.15, 0.2) is 85.1 Å². The monoisotopic (exact) mass is 482 g/mol. The quantitative estimate of drug-likeness (QED) is 0.301. The van der Waals surface area contributed by atoms with Gasteiger partial charge in [0.1, 0.15) is 0 Å². The molecule has 2 aromatic carbocycles. The van der Waals surface area contributed by atoms with E-state index in [2.05, 4.69) is 51.8 Å². The summed E-state index contributed by atoms with van der Waals surface area (Å²) < 4.78 is 7.10. The molecule has 1 saturated heterocycles. The molecule has 6 nitrogen and oxygen atoms in total. The summed E-state index contributed by atoms with van der Waals surface area (Å²) in [5.74, 6) is -0.356. The minimum absolute atomic E-state index is 0.108. The van der Waals surface area contributed by atoms with Crippen LogP contribution in [0.4, 0.5) is 5.69 Å². The highest BCUT2D eigenvalue weighted by Gasteiger charge is 2.42. The minimum Gasteiger partial charge on any atom is -0.465 e. The molecule has 0 spiro atoms. The fourth-order valence-corrected chi connectivity index (χ4v) is 5.26. The van der Waals surface area contributed by atoms with E-state index in [0.717, 1.165) is 34.0 Å². The van der Waals surface area contributed by atoms with Gasteiger partial charge in [-0.2, -0.15) is 0 Å². The van der Waals surface area contributed by atoms with E-state index in [1.54, 1.807) is 6.07 Å². The second-order valence-electron chi connectivity index (χ2n) is 8.54. The van der Waals surface area contributed by atoms with Crippen LogP contribution in [0, 0.1) is 13.8 Å². The topological polar surface area (TPSA) is 59.4 Å². The normalized spacial score (nSPS) is 17.3. The van der Waals surface area contributed by atoms with Crippen molar-refractivity contribution in [1.29, 1.82) is 0 Å². The molecule has 1 N–H and O–H groups in total. The molecular formula is C28H26N4O2S. The van der Waals surface area contributed by atoms with Gasteiger partial charge >= 0.3 is 5.97 Å². The van der Waals surface area contributed by atoms with Crippen LogP contribution in [-0.2, 0) is 4.74 Å². The molecule has 7 heteroatoms. The summed E-state index contributed by atoms with van der Waals surface area (Å²) in [5, 5.41) is 4.18. The van der Waals surface area contributed by atoms with Crippen LogP contribution in [0.5, 0.6) is 0 Å². The molecule has 0 unspecified atom stereocenters. The number of pyridine rings is 1. The largest absolute Gasteiger partial charge is 0.465 e. The standard InChI is InChI=1S/C28H26N4O2S/c1-18-16-23(19(2)31(18)22-13-9-10-20(17-22)27(33)34-3)26-25(24-14-7-8-15-29-24)30-28(35)32(26)21-11-5-4-6-12-21/h4-17,25-26H,1-3H3,(H,30,35)/t25-,26+/m0/s1. The highest BCUT2D eigenvalue weighted by molar-refractivity contribution is 7.80. The van der Waals surface area contributed by atoms with E-state index in [9.17, 15) is 4.79 Å². The number of carbonyl (C=O) groups excluding carboxylic acids is 1. The summed E-state index contributed by atoms with van der Waals surface area (Å²) in [6.07, 6.45) is 1.81. The number of ether oxygens (including phenoxy) is 1. The number of methoxy groups -OCH3 is 1. The number of benzene rings is 2. The first kappa shape index (κ1) is 22.8. The molecule has 0 saturated carbocycles. The van der Waals surface area contributed by atoms with Gasteiger partial charge in [-0.15, -0.1) is 0 Å². The Labute approximate surface area is 210 Å². The van der Waals surface area contributed by atoms with Crippen molar-refractivity contribution in [2.75, 3.05) is 12.0 Å². The van der Waals surface area contributed by atoms with Gasteiger partial charge in [-0.25, -0.2) is 4.79 Å². The van der Waals surface area contributed by atoms with Crippen molar-refractivity contribution in [3.8, 4) is 5.69 Å². The Bertz CT molecular complexity index is 1380. The zero-order valence-electron chi connectivity index (χ0n) is 19.8. The van der Waals surface area contributed by atoms with E-state index in [-0.39, 0.29) is 18.1 Å². The van der Waals surface area contributed by atoms with Gasteiger partial charge in [0.15, 0.2) is 5.11 Å². The van der Waals surface area contributed by atoms with Gasteiger partial charge in [-0.05, 0) is 80.2 Å². The predicted octanol–water partition coefficient (Wildman–Crippen LogP) is 5.45. The smallest absolute Gasteiger partial charge is 0.337 e. The number of aryl methyl sites for hydroxylation is 1. The fraction of sp³-hybridized carbons (Fsp3) is 0.179. The summed E-state index contributed by atoms with van der Waals surface area (Å²) in [6, 6.07) is 25.6. The SMILES string of the molecule is COC(=O)c1cccc(-n2c(C)cc([C@@H]3[C@H](c4ccccn4)NC(=S)N3c3ccccc3)c2C)c1. The molecule has 1 fully saturated rings. The number of thiocarbonyl (C=S) groups is 1. The number of nitrogens with zero attached hydrogens (tertiary/aromatic N) is 3. The fourth-order valence-electron chi connectivity index (χ4n) is 4.91. The summed E-state index contributed by atoms with van der Waals surface area (Å²) in [6.45, 7) is 4.18. The van der Waals surface area contributed by atoms with Crippen molar-refractivity contribution in [3.63, 3.8) is 0 Å². The summed E-state index contributed by atoms with van der Waals surface area (Å²) in [7, 11) is 1.39. The lowest BCUT2D eigenvalue weighted by Crippen LogP contribution is -2.29. The number of hydrogen-bond acceptors (Lipinski definition) is 4. The first-order chi connectivity index (χ1) is 17.0. The van der Waals surface area contributed by atoms with Crippen LogP contribution < -0.4 is 10.2 Å². The molecule has 1 aliphatic heterocycles. The molecule has 176 valence electrons. The highest BCUT2D eigenvalue weighted by atomic mass is 32.1. The van der Waals surface area contributed by atoms with Crippen molar-refractivity contribution in [3.05, 3.63) is 113 Å². The summed E-state index contributed by atoms with van der Waals surface area (Å²) >= 11 is 5.84. The van der Waals surface area contributed by atoms with Crippen LogP contribution >= 0.6 is 12.2 Å². The first-order valence-electron chi connectivity index (χ1n) is 11.4. The van der Waals surface area contributed by atoms with Crippen molar-refractivity contribution in [1.82, 2.24) is 14.9 Å². The second-order valence-corrected chi connectivity index (χ2v) is 8.92. The zero-order valence-corrected chi connectivity index (χ0v) is 20.6. The van der Waals surface area contributed by atoms with Crippen LogP contribution in [0.25, 0.3) is 5.69 Å². The number of aromatic nitrogens is 2. The summed E-state index contributed by atoms with van der Waals surface area (Å²) in [4.78, 5) is 19.0. The van der Waals surface area contributed by atoms with Gasteiger partial charge in [-0.1, -0.05) is 30.3 Å². The zero-order chi connectivity index (χ0) is 24.5. The lowest BCUT2D eigenvalue weighted by Gasteiger charge is -2.28. The van der Waals surface area contributed by atoms with Crippen LogP contribution in [0.3, 0.4) is 0 Å². The Kier molecular flexibility index (Phi) is 6.09. The summed E-state index contributed by atoms with van der Waals surface area (Å²) in [5.41, 5.74) is 6.64. The molecule has 35 heavy (non-hydrogen) atoms. The maximum absolute atomic E-state index is 12.1. The lowest BCUT2D eigenvalue weighted by molar-refractivity contribution is 0.0600. The van der Waals surface area contributed by atoms with Crippen molar-refractivity contribution in [2.45, 2.75) is 25.9 Å². The predicted molar refractivity (Wildman–Crippen MR) is 141 cm³/mol. The number of esters is 1. The van der Waals surface area contributed by atoms with E-state index < -0.39 is 0 Å². The first-order valence-corrected chi connectivity index (χ1v) is 11.8. The molecule has 5 rings (SSSR count). The molecule has 4 aromatic rings. The van der Waals surface area contributed by atoms with E-state index in [0.29, 0.717) is 10.7 Å². The van der Waals surface area contributed by atoms with E-state index in [1.807, 2.05) is 60.8 Å². The van der Waals surface area contributed by atoms with Gasteiger partial charge in [0, 0.05) is 29.0 Å². The van der Waals surface area contributed by atoms with Gasteiger partial charge in [-0.3, -0.25) is 4.98 Å². The Morgan fingerprint density at radius 1 is 0.971 bits per heavy atom. The second kappa shape index (κ2) is 9.35. The minimum atomic E-state index is -0.356. The number of hydrogen-bond donors (Lipinski definition) is 1. The average Bonchev–Trinajstić information content (AvgIpc) is 3.39. The van der Waals surface area contributed by atoms with Crippen molar-refractivity contribution >= 4 is 29.0 Å². The van der Waals surface area contributed by atoms with Crippen molar-refractivity contribution in [2.24, 2.45) is 0 Å². The molecule has 3 heterocycles. The average molecular weight is 483 g/mol. The maximum Gasteiger partial charge on any atom is 0.337 e. The third-order valence-corrected chi connectivity index (χ3v) is 6.76. The van der Waals surface area contributed by atoms with E-state index in [4.69, 9.17) is 17.0 Å². The number of para-hydroxylation sites is 1. The van der Waals surface area contributed by atoms with E-state index in [1.165, 1.54) is 7.11 Å². The van der Waals surface area contributed by atoms with Gasteiger partial charge in [0.25, 0.3) is 0 Å². The Morgan fingerprint density at radius 3 is 2.43 bits per heavy atom. The van der Waals surface area contributed by atoms with E-state index >= 15 is 0 Å². The molecular weight excluding hydrogens is 456 g/mol. The van der Waals surface area contributed by atoms with Gasteiger partial charge in [0.2, 0.25) is 0 Å². The Balaban J connectivity index is 1.66. The molecule has 0 radical (unpaired) electrons. The van der Waals surface area contributed by atoms with Gasteiger partial charge in [0.05, 0.1) is 30.5 Å². The Morgan fingerprint density at radius 2 is 1.71 bits per heavy atom. The lowest BCUT2D eigenvalue weighted by atomic mass is 9.96. The number of rotatable bonds is 5. The Hall–Kier alpha value is -3.97. The van der Waals surface area contributed by atoms with Crippen LogP contribution in [0.2, 0.25) is 0 Å². The van der Waals surface area contributed by atoms with Crippen LogP contribution in [-0.4, -0.2) is 27.7 Å².